The van der Waals surface area contributed by atoms with Gasteiger partial charge in [-0.05, 0) is 93.5 Å². The van der Waals surface area contributed by atoms with Crippen LogP contribution < -0.4 is 10.9 Å². The van der Waals surface area contributed by atoms with Crippen LogP contribution in [0.25, 0.3) is 10.9 Å². The van der Waals surface area contributed by atoms with Crippen molar-refractivity contribution in [3.63, 3.8) is 0 Å². The van der Waals surface area contributed by atoms with Gasteiger partial charge in [-0.1, -0.05) is 24.0 Å². The Morgan fingerprint density at radius 3 is 2.47 bits per heavy atom. The van der Waals surface area contributed by atoms with Crippen molar-refractivity contribution in [2.45, 2.75) is 51.6 Å². The largest absolute Gasteiger partial charge is 0.380 e. The second-order valence-corrected chi connectivity index (χ2v) is 12.6. The molecule has 0 saturated carbocycles. The normalized spacial score (nSPS) is 13.8. The van der Waals surface area contributed by atoms with Crippen molar-refractivity contribution in [1.29, 1.82) is 0 Å². The average Bonchev–Trinajstić information content (AvgIpc) is 3.29. The van der Waals surface area contributed by atoms with Gasteiger partial charge in [-0.3, -0.25) is 14.3 Å². The van der Waals surface area contributed by atoms with Gasteiger partial charge in [-0.15, -0.1) is 0 Å². The molecule has 0 amide bonds. The first-order chi connectivity index (χ1) is 23.5. The number of likely N-dealkylation sites (tertiary alicyclic amines) is 1. The molecule has 6 rings (SSSR count). The highest BCUT2D eigenvalue weighted by atomic mass is 19.2. The van der Waals surface area contributed by atoms with E-state index in [9.17, 15) is 22.8 Å². The van der Waals surface area contributed by atoms with Crippen LogP contribution >= 0.6 is 0 Å². The van der Waals surface area contributed by atoms with E-state index in [1.54, 1.807) is 37.0 Å². The summed E-state index contributed by atoms with van der Waals surface area (Å²) in [6.07, 6.45) is 4.39. The topological polar surface area (TPSA) is 85.1 Å². The standard InChI is InChI=1S/C38H37F3N6O2/c1-24-37(38(49)47(46(24)3)23-27-8-11-30(39)31(40)20-27)35(48)7-5-4-6-25-9-12-33-28(18-25)22-42-36(44-33)21-26-10-13-34(32(41)19-26)43-29-14-16-45(2)17-15-29/h8-13,18-20,22,29,43H,5,7,14-17,21,23H2,1-3H3. The van der Waals surface area contributed by atoms with Gasteiger partial charge in [0.2, 0.25) is 0 Å². The lowest BCUT2D eigenvalue weighted by Crippen LogP contribution is -2.36. The van der Waals surface area contributed by atoms with E-state index in [4.69, 9.17) is 0 Å². The Labute approximate surface area is 282 Å². The summed E-state index contributed by atoms with van der Waals surface area (Å²) in [7, 11) is 3.74. The fraction of sp³-hybridized carbons (Fsp3) is 0.316. The molecule has 3 aromatic carbocycles. The Balaban J connectivity index is 1.06. The van der Waals surface area contributed by atoms with E-state index < -0.39 is 17.2 Å². The number of halogens is 3. The first-order valence-electron chi connectivity index (χ1n) is 16.3. The van der Waals surface area contributed by atoms with Crippen molar-refractivity contribution in [1.82, 2.24) is 24.2 Å². The van der Waals surface area contributed by atoms with E-state index >= 15 is 0 Å². The van der Waals surface area contributed by atoms with E-state index in [1.165, 1.54) is 10.7 Å². The molecule has 0 aliphatic carbocycles. The highest BCUT2D eigenvalue weighted by molar-refractivity contribution is 5.97. The van der Waals surface area contributed by atoms with Crippen LogP contribution in [0.3, 0.4) is 0 Å². The van der Waals surface area contributed by atoms with Crippen molar-refractivity contribution >= 4 is 22.4 Å². The molecule has 0 radical (unpaired) electrons. The van der Waals surface area contributed by atoms with Crippen LogP contribution in [0.4, 0.5) is 18.9 Å². The summed E-state index contributed by atoms with van der Waals surface area (Å²) < 4.78 is 44.8. The number of aromatic nitrogens is 4. The zero-order valence-corrected chi connectivity index (χ0v) is 27.7. The van der Waals surface area contributed by atoms with Gasteiger partial charge in [0.1, 0.15) is 17.2 Å². The summed E-state index contributed by atoms with van der Waals surface area (Å²) in [5.74, 6) is 4.08. The minimum Gasteiger partial charge on any atom is -0.380 e. The lowest BCUT2D eigenvalue weighted by Gasteiger charge is -2.30. The molecule has 1 saturated heterocycles. The average molecular weight is 667 g/mol. The zero-order valence-electron chi connectivity index (χ0n) is 27.7. The van der Waals surface area contributed by atoms with Gasteiger partial charge in [0.05, 0.1) is 17.7 Å². The van der Waals surface area contributed by atoms with Crippen molar-refractivity contribution in [2.75, 3.05) is 25.5 Å². The molecule has 1 N–H and O–H groups in total. The molecule has 0 atom stereocenters. The molecule has 1 aliphatic heterocycles. The number of hydrogen-bond donors (Lipinski definition) is 1. The quantitative estimate of drug-likeness (QED) is 0.153. The van der Waals surface area contributed by atoms with E-state index in [2.05, 4.69) is 39.1 Å². The number of hydrogen-bond acceptors (Lipinski definition) is 6. The molecule has 2 aromatic heterocycles. The number of ketones is 1. The Bertz CT molecular complexity index is 2150. The first-order valence-corrected chi connectivity index (χ1v) is 16.3. The minimum absolute atomic E-state index is 0.00418. The third kappa shape index (κ3) is 7.76. The second-order valence-electron chi connectivity index (χ2n) is 12.6. The maximum absolute atomic E-state index is 14.9. The van der Waals surface area contributed by atoms with E-state index in [0.717, 1.165) is 60.1 Å². The van der Waals surface area contributed by atoms with Crippen LogP contribution in [0.2, 0.25) is 0 Å². The molecule has 49 heavy (non-hydrogen) atoms. The minimum atomic E-state index is -0.999. The van der Waals surface area contributed by atoms with Gasteiger partial charge in [-0.25, -0.2) is 27.8 Å². The number of piperidine rings is 1. The number of carbonyl (C=O) groups excluding carboxylic acids is 1. The van der Waals surface area contributed by atoms with E-state index in [1.807, 2.05) is 24.3 Å². The fourth-order valence-electron chi connectivity index (χ4n) is 6.11. The molecule has 5 aromatic rings. The third-order valence-electron chi connectivity index (χ3n) is 9.07. The predicted molar refractivity (Wildman–Crippen MR) is 183 cm³/mol. The molecular formula is C38H37F3N6O2. The van der Waals surface area contributed by atoms with Crippen LogP contribution in [0, 0.1) is 36.2 Å². The van der Waals surface area contributed by atoms with Gasteiger partial charge in [0, 0.05) is 55.2 Å². The number of anilines is 1. The maximum Gasteiger partial charge on any atom is 0.278 e. The molecule has 1 aliphatic rings. The van der Waals surface area contributed by atoms with Crippen LogP contribution in [0.15, 0.2) is 65.6 Å². The monoisotopic (exact) mass is 666 g/mol. The zero-order chi connectivity index (χ0) is 34.7. The van der Waals surface area contributed by atoms with Crippen molar-refractivity contribution in [2.24, 2.45) is 7.05 Å². The summed E-state index contributed by atoms with van der Waals surface area (Å²) in [6.45, 7) is 3.67. The lowest BCUT2D eigenvalue weighted by molar-refractivity contribution is 0.0982. The summed E-state index contributed by atoms with van der Waals surface area (Å²) in [5.41, 5.74) is 3.25. The molecule has 0 unspecified atom stereocenters. The second kappa shape index (κ2) is 14.5. The van der Waals surface area contributed by atoms with Crippen LogP contribution in [0.5, 0.6) is 0 Å². The van der Waals surface area contributed by atoms with Crippen LogP contribution in [-0.4, -0.2) is 56.2 Å². The number of nitrogens with zero attached hydrogens (tertiary/aromatic N) is 5. The van der Waals surface area contributed by atoms with E-state index in [0.29, 0.717) is 29.2 Å². The molecular weight excluding hydrogens is 629 g/mol. The number of rotatable bonds is 9. The number of fused-ring (bicyclic) bond motifs is 1. The predicted octanol–water partition coefficient (Wildman–Crippen LogP) is 6.02. The highest BCUT2D eigenvalue weighted by Gasteiger charge is 2.21. The number of Topliss-reactive ketones (excluding diaryl/α,β-unsaturated/α-hetero) is 1. The molecule has 11 heteroatoms. The Morgan fingerprint density at radius 2 is 1.71 bits per heavy atom. The van der Waals surface area contributed by atoms with E-state index in [-0.39, 0.29) is 42.6 Å². The smallest absolute Gasteiger partial charge is 0.278 e. The van der Waals surface area contributed by atoms with Crippen molar-refractivity contribution < 1.29 is 18.0 Å². The van der Waals surface area contributed by atoms with Crippen LogP contribution in [0.1, 0.15) is 64.2 Å². The fourth-order valence-corrected chi connectivity index (χ4v) is 6.11. The molecule has 3 heterocycles. The van der Waals surface area contributed by atoms with Gasteiger partial charge in [0.15, 0.2) is 17.4 Å². The van der Waals surface area contributed by atoms with Gasteiger partial charge in [-0.2, -0.15) is 0 Å². The molecule has 0 spiro atoms. The lowest BCUT2D eigenvalue weighted by atomic mass is 10.0. The third-order valence-corrected chi connectivity index (χ3v) is 9.07. The summed E-state index contributed by atoms with van der Waals surface area (Å²) >= 11 is 0. The molecule has 252 valence electrons. The summed E-state index contributed by atoms with van der Waals surface area (Å²) in [4.78, 5) is 37.6. The van der Waals surface area contributed by atoms with Crippen molar-refractivity contribution in [3.05, 3.63) is 122 Å². The summed E-state index contributed by atoms with van der Waals surface area (Å²) in [6, 6.07) is 14.5. The van der Waals surface area contributed by atoms with Crippen molar-refractivity contribution in [3.8, 4) is 11.8 Å². The number of nitrogens with one attached hydrogen (secondary N) is 1. The number of carbonyl (C=O) groups is 1. The van der Waals surface area contributed by atoms with Gasteiger partial charge >= 0.3 is 0 Å². The highest BCUT2D eigenvalue weighted by Crippen LogP contribution is 2.22. The van der Waals surface area contributed by atoms with Crippen LogP contribution in [-0.2, 0) is 20.0 Å². The first kappa shape index (κ1) is 33.7. The van der Waals surface area contributed by atoms with Gasteiger partial charge < -0.3 is 10.2 Å². The summed E-state index contributed by atoms with van der Waals surface area (Å²) in [5, 5.41) is 4.15. The Morgan fingerprint density at radius 1 is 0.959 bits per heavy atom. The molecule has 8 nitrogen and oxygen atoms in total. The SMILES string of the molecule is Cc1c(C(=O)CCC#Cc2ccc3nc(Cc4ccc(NC5CCN(C)CC5)c(F)c4)ncc3c2)c(=O)n(Cc2ccc(F)c(F)c2)n1C. The molecule has 0 bridgehead atoms. The van der Waals surface area contributed by atoms with Gasteiger partial charge in [0.25, 0.3) is 5.56 Å². The maximum atomic E-state index is 14.9. The molecule has 1 fully saturated rings. The Hall–Kier alpha value is -5.21. The number of benzene rings is 3. The Kier molecular flexibility index (Phi) is 9.97.